The molecular formula is C17H13F6NO2. The van der Waals surface area contributed by atoms with Gasteiger partial charge in [0.25, 0.3) is 0 Å². The Morgan fingerprint density at radius 2 is 1.42 bits per heavy atom. The summed E-state index contributed by atoms with van der Waals surface area (Å²) < 4.78 is 82.1. The molecule has 0 aliphatic heterocycles. The first kappa shape index (κ1) is 19.6. The molecule has 0 saturated heterocycles. The number of hydrogen-bond donors (Lipinski definition) is 1. The predicted molar refractivity (Wildman–Crippen MR) is 81.2 cm³/mol. The number of benzene rings is 2. The number of hydrogen-bond acceptors (Lipinski definition) is 3. The molecular weight excluding hydrogens is 364 g/mol. The van der Waals surface area contributed by atoms with Gasteiger partial charge in [-0.15, -0.1) is 0 Å². The Bertz CT molecular complexity index is 762. The third-order valence-corrected chi connectivity index (χ3v) is 3.48. The molecule has 0 aromatic heterocycles. The minimum absolute atomic E-state index is 0.0648. The van der Waals surface area contributed by atoms with Crippen molar-refractivity contribution in [3.8, 4) is 5.75 Å². The van der Waals surface area contributed by atoms with Crippen LogP contribution in [-0.2, 0) is 19.0 Å². The molecule has 0 atom stereocenters. The average molecular weight is 377 g/mol. The van der Waals surface area contributed by atoms with Crippen LogP contribution in [0.15, 0.2) is 47.6 Å². The summed E-state index contributed by atoms with van der Waals surface area (Å²) >= 11 is 0. The van der Waals surface area contributed by atoms with Crippen molar-refractivity contribution in [3.63, 3.8) is 0 Å². The maximum atomic E-state index is 12.8. The van der Waals surface area contributed by atoms with E-state index in [-0.39, 0.29) is 17.4 Å². The Balaban J connectivity index is 2.23. The standard InChI is InChI=1S/C17H13F6NO2/c1-10(24-25)12-2-4-15(5-3-12)26-9-11-6-13(16(18,19)20)8-14(7-11)17(21,22)23/h2-8,25H,9H2,1H3/b24-10+. The Hall–Kier alpha value is -2.71. The van der Waals surface area contributed by atoms with E-state index in [2.05, 4.69) is 5.16 Å². The summed E-state index contributed by atoms with van der Waals surface area (Å²) in [5.74, 6) is 0.241. The van der Waals surface area contributed by atoms with Crippen molar-refractivity contribution >= 4 is 5.71 Å². The molecule has 2 rings (SSSR count). The summed E-state index contributed by atoms with van der Waals surface area (Å²) in [4.78, 5) is 0. The second-order valence-corrected chi connectivity index (χ2v) is 5.41. The van der Waals surface area contributed by atoms with Crippen LogP contribution in [0, 0.1) is 0 Å². The van der Waals surface area contributed by atoms with E-state index in [1.165, 1.54) is 24.3 Å². The molecule has 0 amide bonds. The van der Waals surface area contributed by atoms with Crippen molar-refractivity contribution in [2.24, 2.45) is 5.16 Å². The third-order valence-electron chi connectivity index (χ3n) is 3.48. The van der Waals surface area contributed by atoms with Gasteiger partial charge in [-0.2, -0.15) is 26.3 Å². The first-order chi connectivity index (χ1) is 12.0. The highest BCUT2D eigenvalue weighted by Crippen LogP contribution is 2.36. The van der Waals surface area contributed by atoms with Gasteiger partial charge in [0.15, 0.2) is 0 Å². The second kappa shape index (κ2) is 7.27. The van der Waals surface area contributed by atoms with Gasteiger partial charge in [0.2, 0.25) is 0 Å². The zero-order valence-corrected chi connectivity index (χ0v) is 13.3. The molecule has 0 spiro atoms. The van der Waals surface area contributed by atoms with Crippen molar-refractivity contribution in [1.82, 2.24) is 0 Å². The van der Waals surface area contributed by atoms with Gasteiger partial charge < -0.3 is 9.94 Å². The molecule has 140 valence electrons. The number of rotatable bonds is 4. The fourth-order valence-corrected chi connectivity index (χ4v) is 2.12. The van der Waals surface area contributed by atoms with Gasteiger partial charge in [-0.25, -0.2) is 0 Å². The van der Waals surface area contributed by atoms with Crippen molar-refractivity contribution in [3.05, 3.63) is 64.7 Å². The van der Waals surface area contributed by atoms with E-state index in [9.17, 15) is 26.3 Å². The van der Waals surface area contributed by atoms with E-state index < -0.39 is 30.1 Å². The first-order valence-corrected chi connectivity index (χ1v) is 7.21. The SMILES string of the molecule is C/C(=N\O)c1ccc(OCc2cc(C(F)(F)F)cc(C(F)(F)F)c2)cc1. The van der Waals surface area contributed by atoms with Crippen LogP contribution in [0.4, 0.5) is 26.3 Å². The van der Waals surface area contributed by atoms with Gasteiger partial charge in [0.1, 0.15) is 12.4 Å². The number of ether oxygens (including phenoxy) is 1. The Kier molecular flexibility index (Phi) is 5.48. The van der Waals surface area contributed by atoms with Crippen LogP contribution in [0.3, 0.4) is 0 Å². The molecule has 2 aromatic rings. The highest BCUT2D eigenvalue weighted by atomic mass is 19.4. The summed E-state index contributed by atoms with van der Waals surface area (Å²) in [6.45, 7) is 1.08. The summed E-state index contributed by atoms with van der Waals surface area (Å²) in [6, 6.07) is 7.30. The molecule has 9 heteroatoms. The highest BCUT2D eigenvalue weighted by Gasteiger charge is 2.36. The maximum Gasteiger partial charge on any atom is 0.416 e. The molecule has 0 bridgehead atoms. The van der Waals surface area contributed by atoms with Crippen LogP contribution >= 0.6 is 0 Å². The Morgan fingerprint density at radius 1 is 0.923 bits per heavy atom. The van der Waals surface area contributed by atoms with Crippen LogP contribution in [0.25, 0.3) is 0 Å². The van der Waals surface area contributed by atoms with Gasteiger partial charge in [0, 0.05) is 0 Å². The molecule has 0 fully saturated rings. The number of alkyl halides is 6. The molecule has 1 N–H and O–H groups in total. The number of oxime groups is 1. The van der Waals surface area contributed by atoms with Crippen LogP contribution in [0.2, 0.25) is 0 Å². The van der Waals surface area contributed by atoms with E-state index in [1.807, 2.05) is 0 Å². The summed E-state index contributed by atoms with van der Waals surface area (Å²) in [7, 11) is 0. The van der Waals surface area contributed by atoms with Crippen LogP contribution in [0.1, 0.15) is 29.2 Å². The summed E-state index contributed by atoms with van der Waals surface area (Å²) in [6.07, 6.45) is -9.81. The molecule has 0 unspecified atom stereocenters. The van der Waals surface area contributed by atoms with Crippen LogP contribution < -0.4 is 4.74 Å². The monoisotopic (exact) mass is 377 g/mol. The third kappa shape index (κ3) is 4.90. The van der Waals surface area contributed by atoms with E-state index in [0.717, 1.165) is 0 Å². The fourth-order valence-electron chi connectivity index (χ4n) is 2.12. The second-order valence-electron chi connectivity index (χ2n) is 5.41. The fraction of sp³-hybridized carbons (Fsp3) is 0.235. The van der Waals surface area contributed by atoms with Gasteiger partial charge in [-0.05, 0) is 60.5 Å². The van der Waals surface area contributed by atoms with E-state index in [0.29, 0.717) is 23.4 Å². The smallest absolute Gasteiger partial charge is 0.416 e. The van der Waals surface area contributed by atoms with Crippen LogP contribution in [-0.4, -0.2) is 10.9 Å². The Morgan fingerprint density at radius 3 is 1.85 bits per heavy atom. The van der Waals surface area contributed by atoms with E-state index in [1.54, 1.807) is 6.92 Å². The molecule has 0 radical (unpaired) electrons. The highest BCUT2D eigenvalue weighted by molar-refractivity contribution is 5.98. The summed E-state index contributed by atoms with van der Waals surface area (Å²) in [5.41, 5.74) is -2.13. The largest absolute Gasteiger partial charge is 0.489 e. The Labute approximate surface area is 144 Å². The van der Waals surface area contributed by atoms with E-state index >= 15 is 0 Å². The van der Waals surface area contributed by atoms with Gasteiger partial charge in [-0.1, -0.05) is 5.16 Å². The minimum atomic E-state index is -4.90. The average Bonchev–Trinajstić information content (AvgIpc) is 2.58. The number of halogens is 6. The molecule has 3 nitrogen and oxygen atoms in total. The van der Waals surface area contributed by atoms with Crippen molar-refractivity contribution < 1.29 is 36.3 Å². The zero-order chi connectivity index (χ0) is 19.5. The lowest BCUT2D eigenvalue weighted by Crippen LogP contribution is -2.12. The normalized spacial score (nSPS) is 13.0. The molecule has 2 aromatic carbocycles. The minimum Gasteiger partial charge on any atom is -0.489 e. The topological polar surface area (TPSA) is 41.8 Å². The first-order valence-electron chi connectivity index (χ1n) is 7.21. The lowest BCUT2D eigenvalue weighted by Gasteiger charge is -2.14. The van der Waals surface area contributed by atoms with Crippen LogP contribution in [0.5, 0.6) is 5.75 Å². The molecule has 0 aliphatic rings. The number of nitrogens with zero attached hydrogens (tertiary/aromatic N) is 1. The summed E-state index contributed by atoms with van der Waals surface area (Å²) in [5, 5.41) is 11.7. The predicted octanol–water partition coefficient (Wildman–Crippen LogP) is 5.50. The molecule has 0 saturated carbocycles. The lowest BCUT2D eigenvalue weighted by atomic mass is 10.1. The molecule has 0 aliphatic carbocycles. The van der Waals surface area contributed by atoms with Gasteiger partial charge in [0.05, 0.1) is 16.8 Å². The molecule has 0 heterocycles. The van der Waals surface area contributed by atoms with Crippen molar-refractivity contribution in [2.75, 3.05) is 0 Å². The lowest BCUT2D eigenvalue weighted by molar-refractivity contribution is -0.143. The maximum absolute atomic E-state index is 12.8. The molecule has 26 heavy (non-hydrogen) atoms. The quantitative estimate of drug-likeness (QED) is 0.331. The van der Waals surface area contributed by atoms with E-state index in [4.69, 9.17) is 9.94 Å². The van der Waals surface area contributed by atoms with Crippen molar-refractivity contribution in [1.29, 1.82) is 0 Å². The van der Waals surface area contributed by atoms with Gasteiger partial charge >= 0.3 is 12.4 Å². The van der Waals surface area contributed by atoms with Crippen molar-refractivity contribution in [2.45, 2.75) is 25.9 Å². The zero-order valence-electron chi connectivity index (χ0n) is 13.3. The van der Waals surface area contributed by atoms with Gasteiger partial charge in [-0.3, -0.25) is 0 Å².